The second-order valence-corrected chi connectivity index (χ2v) is 20.9. The molecule has 0 unspecified atom stereocenters. The highest BCUT2D eigenvalue weighted by molar-refractivity contribution is 6.06. The van der Waals surface area contributed by atoms with Gasteiger partial charge in [-0.25, -0.2) is 0 Å². The van der Waals surface area contributed by atoms with E-state index in [-0.39, 0.29) is 0 Å². The molecule has 3 nitrogen and oxygen atoms in total. The summed E-state index contributed by atoms with van der Waals surface area (Å²) in [4.78, 5) is 4.77. The lowest BCUT2D eigenvalue weighted by molar-refractivity contribution is -0.00276. The summed E-state index contributed by atoms with van der Waals surface area (Å²) in [5, 5.41) is 2.25. The third-order valence-electron chi connectivity index (χ3n) is 16.6. The Kier molecular flexibility index (Phi) is 10.9. The monoisotopic (exact) mass is 940 g/mol. The fourth-order valence-electron chi connectivity index (χ4n) is 13.6. The molecule has 4 saturated carbocycles. The van der Waals surface area contributed by atoms with Crippen LogP contribution in [0.25, 0.3) is 66.4 Å². The highest BCUT2D eigenvalue weighted by Crippen LogP contribution is 2.60. The van der Waals surface area contributed by atoms with E-state index in [1.807, 2.05) is 12.1 Å². The molecule has 0 atom stereocenters. The molecular weight excluding hydrogens is 885 g/mol. The lowest BCUT2D eigenvalue weighted by atomic mass is 9.51. The molecule has 0 radical (unpaired) electrons. The van der Waals surface area contributed by atoms with Crippen molar-refractivity contribution in [2.24, 2.45) is 23.7 Å². The smallest absolute Gasteiger partial charge is 0.137 e. The Balaban J connectivity index is 0.856. The van der Waals surface area contributed by atoms with Gasteiger partial charge in [0.05, 0.1) is 0 Å². The SMILES string of the molecule is c1ccc(-c2cc(-c3ccc(N(c4ccccc4)c4ccc5c(c4)oc4ccccc45)cc3)c(-c3ccccc3)cc2-c2ccc(N(c3ccccc3)c3cccc(C4C5CC6CC(C5)CC4C6)c3)cc2)cc1. The molecule has 4 aliphatic rings. The van der Waals surface area contributed by atoms with Crippen LogP contribution in [-0.4, -0.2) is 0 Å². The molecule has 4 fully saturated rings. The van der Waals surface area contributed by atoms with E-state index < -0.39 is 0 Å². The van der Waals surface area contributed by atoms with E-state index in [1.54, 1.807) is 0 Å². The molecule has 4 bridgehead atoms. The van der Waals surface area contributed by atoms with Crippen molar-refractivity contribution in [1.82, 2.24) is 0 Å². The highest BCUT2D eigenvalue weighted by Gasteiger charge is 2.48. The molecule has 352 valence electrons. The maximum atomic E-state index is 6.40. The summed E-state index contributed by atoms with van der Waals surface area (Å²) in [6.07, 6.45) is 7.17. The number of nitrogens with zero attached hydrogens (tertiary/aromatic N) is 2. The Morgan fingerprint density at radius 2 is 0.685 bits per heavy atom. The molecule has 0 N–H and O–H groups in total. The van der Waals surface area contributed by atoms with Crippen molar-refractivity contribution >= 4 is 56.1 Å². The van der Waals surface area contributed by atoms with E-state index in [4.69, 9.17) is 4.42 Å². The second kappa shape index (κ2) is 18.3. The van der Waals surface area contributed by atoms with Crippen LogP contribution in [0.5, 0.6) is 0 Å². The number of rotatable bonds is 11. The van der Waals surface area contributed by atoms with E-state index in [9.17, 15) is 0 Å². The normalized spacial score (nSPS) is 18.8. The molecule has 73 heavy (non-hydrogen) atoms. The van der Waals surface area contributed by atoms with Crippen LogP contribution in [0, 0.1) is 23.7 Å². The minimum Gasteiger partial charge on any atom is -0.456 e. The molecule has 1 heterocycles. The Morgan fingerprint density at radius 3 is 1.21 bits per heavy atom. The minimum atomic E-state index is 0.678. The maximum absolute atomic E-state index is 6.40. The van der Waals surface area contributed by atoms with E-state index in [2.05, 4.69) is 246 Å². The molecule has 0 aliphatic heterocycles. The first-order valence-electron chi connectivity index (χ1n) is 26.4. The Hall–Kier alpha value is -8.40. The zero-order chi connectivity index (χ0) is 48.2. The molecule has 3 heteroatoms. The lowest BCUT2D eigenvalue weighted by Crippen LogP contribution is -2.43. The second-order valence-electron chi connectivity index (χ2n) is 20.9. The van der Waals surface area contributed by atoms with Crippen LogP contribution < -0.4 is 9.80 Å². The average molecular weight is 941 g/mol. The van der Waals surface area contributed by atoms with Crippen LogP contribution in [0.2, 0.25) is 0 Å². The molecule has 15 rings (SSSR count). The van der Waals surface area contributed by atoms with Gasteiger partial charge in [-0.05, 0) is 203 Å². The van der Waals surface area contributed by atoms with Gasteiger partial charge in [-0.1, -0.05) is 152 Å². The van der Waals surface area contributed by atoms with Gasteiger partial charge in [-0.3, -0.25) is 0 Å². The summed E-state index contributed by atoms with van der Waals surface area (Å²) < 4.78 is 6.40. The first-order valence-corrected chi connectivity index (χ1v) is 26.4. The van der Waals surface area contributed by atoms with Crippen molar-refractivity contribution in [1.29, 1.82) is 0 Å². The van der Waals surface area contributed by atoms with E-state index in [0.29, 0.717) is 5.92 Å². The van der Waals surface area contributed by atoms with Crippen LogP contribution in [-0.2, 0) is 0 Å². The first-order chi connectivity index (χ1) is 36.1. The topological polar surface area (TPSA) is 19.6 Å². The molecule has 0 spiro atoms. The average Bonchev–Trinajstić information content (AvgIpc) is 3.83. The van der Waals surface area contributed by atoms with Crippen molar-refractivity contribution < 1.29 is 4.42 Å². The van der Waals surface area contributed by atoms with Gasteiger partial charge in [-0.15, -0.1) is 0 Å². The summed E-state index contributed by atoms with van der Waals surface area (Å²) >= 11 is 0. The third-order valence-corrected chi connectivity index (χ3v) is 16.6. The maximum Gasteiger partial charge on any atom is 0.137 e. The molecule has 10 aromatic carbocycles. The molecular formula is C70H56N2O. The Labute approximate surface area is 428 Å². The van der Waals surface area contributed by atoms with Crippen LogP contribution in [0.3, 0.4) is 0 Å². The van der Waals surface area contributed by atoms with Gasteiger partial charge >= 0.3 is 0 Å². The van der Waals surface area contributed by atoms with Crippen LogP contribution in [0.1, 0.15) is 43.6 Å². The number of benzene rings is 10. The molecule has 1 aromatic heterocycles. The van der Waals surface area contributed by atoms with Crippen molar-refractivity contribution in [2.45, 2.75) is 38.0 Å². The van der Waals surface area contributed by atoms with E-state index in [1.165, 1.54) is 88.0 Å². The number of hydrogen-bond acceptors (Lipinski definition) is 3. The zero-order valence-corrected chi connectivity index (χ0v) is 40.9. The van der Waals surface area contributed by atoms with E-state index in [0.717, 1.165) is 73.9 Å². The van der Waals surface area contributed by atoms with Crippen molar-refractivity contribution in [3.63, 3.8) is 0 Å². The first kappa shape index (κ1) is 43.4. The molecule has 4 aliphatic carbocycles. The summed E-state index contributed by atoms with van der Waals surface area (Å²) in [6.45, 7) is 0. The van der Waals surface area contributed by atoms with Crippen LogP contribution >= 0.6 is 0 Å². The number of anilines is 6. The van der Waals surface area contributed by atoms with Gasteiger partial charge in [0, 0.05) is 51.0 Å². The number of hydrogen-bond donors (Lipinski definition) is 0. The molecule has 0 amide bonds. The van der Waals surface area contributed by atoms with Crippen molar-refractivity contribution in [3.8, 4) is 44.5 Å². The summed E-state index contributed by atoms with van der Waals surface area (Å²) in [7, 11) is 0. The highest BCUT2D eigenvalue weighted by atomic mass is 16.3. The lowest BCUT2D eigenvalue weighted by Gasteiger charge is -2.54. The van der Waals surface area contributed by atoms with Crippen molar-refractivity contribution in [3.05, 3.63) is 254 Å². The van der Waals surface area contributed by atoms with Crippen LogP contribution in [0.15, 0.2) is 253 Å². The predicted molar refractivity (Wildman–Crippen MR) is 305 cm³/mol. The van der Waals surface area contributed by atoms with Gasteiger partial charge < -0.3 is 14.2 Å². The standard InChI is InChI=1S/C70H56N2O/c1-5-16-49(17-6-1)64-46-67(52-30-34-59(35-31-52)72(57-23-11-4-12-24-57)61-36-37-63-62-26-13-14-27-68(62)73-69(63)44-61)65(50-18-7-2-8-19-50)45-66(64)51-28-32-58(33-29-51)71(56-21-9-3-10-22-56)60-25-15-20-53(43-60)70-54-39-47-38-48(41-54)42-55(70)40-47/h1-37,43-48,54-55,70H,38-42H2. The van der Waals surface area contributed by atoms with E-state index >= 15 is 0 Å². The zero-order valence-electron chi connectivity index (χ0n) is 40.9. The predicted octanol–water partition coefficient (Wildman–Crippen LogP) is 19.7. The number of fused-ring (bicyclic) bond motifs is 3. The van der Waals surface area contributed by atoms with Crippen LogP contribution in [0.4, 0.5) is 34.1 Å². The summed E-state index contributed by atoms with van der Waals surface area (Å²) in [5.74, 6) is 4.27. The summed E-state index contributed by atoms with van der Waals surface area (Å²) in [6, 6.07) is 91.0. The number of para-hydroxylation sites is 3. The van der Waals surface area contributed by atoms with Gasteiger partial charge in [0.1, 0.15) is 11.2 Å². The summed E-state index contributed by atoms with van der Waals surface area (Å²) in [5.41, 5.74) is 19.5. The third kappa shape index (κ3) is 8.01. The molecule has 11 aromatic rings. The van der Waals surface area contributed by atoms with Gasteiger partial charge in [0.2, 0.25) is 0 Å². The quantitative estimate of drug-likeness (QED) is 0.129. The Bertz CT molecular complexity index is 3710. The van der Waals surface area contributed by atoms with Crippen molar-refractivity contribution in [2.75, 3.05) is 9.80 Å². The largest absolute Gasteiger partial charge is 0.456 e. The van der Waals surface area contributed by atoms with Gasteiger partial charge in [-0.2, -0.15) is 0 Å². The fraction of sp³-hybridized carbons (Fsp3) is 0.143. The van der Waals surface area contributed by atoms with Gasteiger partial charge in [0.15, 0.2) is 0 Å². The Morgan fingerprint density at radius 1 is 0.288 bits per heavy atom. The number of furan rings is 1. The minimum absolute atomic E-state index is 0.678. The fourth-order valence-corrected chi connectivity index (χ4v) is 13.6. The van der Waals surface area contributed by atoms with Gasteiger partial charge in [0.25, 0.3) is 0 Å². The molecule has 0 saturated heterocycles.